The van der Waals surface area contributed by atoms with Gasteiger partial charge in [0.15, 0.2) is 5.78 Å². The van der Waals surface area contributed by atoms with E-state index in [1.54, 1.807) is 0 Å². The Bertz CT molecular complexity index is 758. The molecule has 166 valence electrons. The second kappa shape index (κ2) is 8.93. The summed E-state index contributed by atoms with van der Waals surface area (Å²) < 4.78 is 0. The maximum atomic E-state index is 13.7. The Morgan fingerprint density at radius 3 is 2.50 bits per heavy atom. The van der Waals surface area contributed by atoms with Crippen LogP contribution in [0.2, 0.25) is 0 Å². The number of Topliss-reactive ketones (excluding diaryl/α,β-unsaturated/α-hetero) is 2. The average molecular weight is 413 g/mol. The molecular weight excluding hydrogens is 372 g/mol. The van der Waals surface area contributed by atoms with Crippen LogP contribution in [0.3, 0.4) is 0 Å². The van der Waals surface area contributed by atoms with Crippen molar-refractivity contribution < 1.29 is 14.4 Å². The molecule has 2 fully saturated rings. The Balaban J connectivity index is 1.85. The number of carbonyl (C=O) groups is 3. The summed E-state index contributed by atoms with van der Waals surface area (Å²) in [7, 11) is 0. The molecule has 0 aromatic heterocycles. The van der Waals surface area contributed by atoms with E-state index in [1.165, 1.54) is 19.3 Å². The van der Waals surface area contributed by atoms with Crippen LogP contribution in [-0.2, 0) is 14.4 Å². The highest BCUT2D eigenvalue weighted by Gasteiger charge is 2.53. The van der Waals surface area contributed by atoms with E-state index in [1.807, 2.05) is 13.0 Å². The van der Waals surface area contributed by atoms with Crippen molar-refractivity contribution in [3.05, 3.63) is 23.3 Å². The molecule has 2 saturated carbocycles. The third kappa shape index (κ3) is 4.14. The van der Waals surface area contributed by atoms with Gasteiger partial charge in [-0.25, -0.2) is 0 Å². The molecule has 3 aliphatic carbocycles. The highest BCUT2D eigenvalue weighted by atomic mass is 16.1. The first-order chi connectivity index (χ1) is 14.1. The summed E-state index contributed by atoms with van der Waals surface area (Å²) in [5.41, 5.74) is 1.21. The summed E-state index contributed by atoms with van der Waals surface area (Å²) >= 11 is 0. The topological polar surface area (TPSA) is 51.2 Å². The van der Waals surface area contributed by atoms with E-state index in [-0.39, 0.29) is 22.9 Å². The van der Waals surface area contributed by atoms with Crippen molar-refractivity contribution >= 4 is 17.9 Å². The quantitative estimate of drug-likeness (QED) is 0.442. The molecule has 0 heterocycles. The zero-order valence-corrected chi connectivity index (χ0v) is 19.6. The third-order valence-corrected chi connectivity index (χ3v) is 8.66. The van der Waals surface area contributed by atoms with E-state index >= 15 is 0 Å². The fraction of sp³-hybridized carbons (Fsp3) is 0.741. The maximum Gasteiger partial charge on any atom is 0.169 e. The van der Waals surface area contributed by atoms with Crippen molar-refractivity contribution in [3.8, 4) is 0 Å². The molecule has 3 heteroatoms. The van der Waals surface area contributed by atoms with Crippen LogP contribution in [0.5, 0.6) is 0 Å². The van der Waals surface area contributed by atoms with Crippen molar-refractivity contribution in [1.29, 1.82) is 0 Å². The number of hydrogen-bond donors (Lipinski definition) is 0. The molecule has 0 saturated heterocycles. The van der Waals surface area contributed by atoms with Crippen LogP contribution >= 0.6 is 0 Å². The highest BCUT2D eigenvalue weighted by Crippen LogP contribution is 2.58. The predicted molar refractivity (Wildman–Crippen MR) is 121 cm³/mol. The first-order valence-electron chi connectivity index (χ1n) is 12.0. The van der Waals surface area contributed by atoms with E-state index in [0.717, 1.165) is 36.2 Å². The van der Waals surface area contributed by atoms with Crippen LogP contribution in [0.15, 0.2) is 23.3 Å². The second-order valence-electron chi connectivity index (χ2n) is 11.1. The van der Waals surface area contributed by atoms with Gasteiger partial charge >= 0.3 is 0 Å². The van der Waals surface area contributed by atoms with Crippen molar-refractivity contribution in [3.63, 3.8) is 0 Å². The number of aldehydes is 1. The van der Waals surface area contributed by atoms with E-state index in [0.29, 0.717) is 37.5 Å². The molecule has 3 aliphatic rings. The van der Waals surface area contributed by atoms with Crippen LogP contribution in [0.1, 0.15) is 92.4 Å². The maximum absolute atomic E-state index is 13.7. The third-order valence-electron chi connectivity index (χ3n) is 8.66. The summed E-state index contributed by atoms with van der Waals surface area (Å²) in [6.45, 7) is 11.2. The van der Waals surface area contributed by atoms with E-state index in [2.05, 4.69) is 33.8 Å². The Labute approximate surface area is 182 Å². The lowest BCUT2D eigenvalue weighted by molar-refractivity contribution is -0.127. The second-order valence-corrected chi connectivity index (χ2v) is 11.1. The molecule has 5 atom stereocenters. The minimum atomic E-state index is -0.527. The Morgan fingerprint density at radius 1 is 1.10 bits per heavy atom. The molecule has 0 N–H and O–H groups in total. The molecular formula is C27H40O3. The lowest BCUT2D eigenvalue weighted by Gasteiger charge is -2.43. The van der Waals surface area contributed by atoms with Gasteiger partial charge in [-0.05, 0) is 66.4 Å². The van der Waals surface area contributed by atoms with E-state index in [9.17, 15) is 14.4 Å². The molecule has 1 unspecified atom stereocenters. The fourth-order valence-electron chi connectivity index (χ4n) is 6.64. The summed E-state index contributed by atoms with van der Waals surface area (Å²) in [6, 6.07) is 0. The van der Waals surface area contributed by atoms with Crippen molar-refractivity contribution in [2.45, 2.75) is 92.4 Å². The van der Waals surface area contributed by atoms with Crippen molar-refractivity contribution in [1.82, 2.24) is 0 Å². The van der Waals surface area contributed by atoms with E-state index in [4.69, 9.17) is 0 Å². The van der Waals surface area contributed by atoms with Crippen LogP contribution in [-0.4, -0.2) is 17.9 Å². The normalized spacial score (nSPS) is 35.1. The largest absolute Gasteiger partial charge is 0.303 e. The zero-order chi connectivity index (χ0) is 22.1. The van der Waals surface area contributed by atoms with Gasteiger partial charge in [0.1, 0.15) is 12.1 Å². The highest BCUT2D eigenvalue weighted by molar-refractivity contribution is 6.05. The number of hydrogen-bond acceptors (Lipinski definition) is 3. The number of ketones is 2. The molecule has 0 aliphatic heterocycles. The molecule has 0 amide bonds. The van der Waals surface area contributed by atoms with Crippen LogP contribution in [0.4, 0.5) is 0 Å². The minimum Gasteiger partial charge on any atom is -0.303 e. The lowest BCUT2D eigenvalue weighted by Crippen LogP contribution is -2.42. The summed E-state index contributed by atoms with van der Waals surface area (Å²) in [5, 5.41) is 0. The van der Waals surface area contributed by atoms with Gasteiger partial charge < -0.3 is 4.79 Å². The van der Waals surface area contributed by atoms with Crippen LogP contribution < -0.4 is 0 Å². The average Bonchev–Trinajstić information content (AvgIpc) is 3.00. The molecule has 0 aromatic carbocycles. The molecule has 30 heavy (non-hydrogen) atoms. The van der Waals surface area contributed by atoms with Crippen LogP contribution in [0, 0.1) is 34.5 Å². The number of allylic oxidation sites excluding steroid dienone is 4. The Morgan fingerprint density at radius 2 is 1.83 bits per heavy atom. The smallest absolute Gasteiger partial charge is 0.169 e. The summed E-state index contributed by atoms with van der Waals surface area (Å²) in [6.07, 6.45) is 12.9. The summed E-state index contributed by atoms with van der Waals surface area (Å²) in [5.74, 6) is 2.35. The van der Waals surface area contributed by atoms with Crippen LogP contribution in [0.25, 0.3) is 0 Å². The van der Waals surface area contributed by atoms with Crippen molar-refractivity contribution in [2.24, 2.45) is 34.5 Å². The van der Waals surface area contributed by atoms with Gasteiger partial charge in [-0.2, -0.15) is 0 Å². The van der Waals surface area contributed by atoms with Gasteiger partial charge in [-0.1, -0.05) is 59.1 Å². The molecule has 0 aromatic rings. The van der Waals surface area contributed by atoms with Gasteiger partial charge in [0.05, 0.1) is 5.41 Å². The van der Waals surface area contributed by atoms with Gasteiger partial charge in [0, 0.05) is 19.3 Å². The summed E-state index contributed by atoms with van der Waals surface area (Å²) in [4.78, 5) is 37.3. The Hall–Kier alpha value is -1.51. The standard InChI is InChI=1S/C27H40O3/c1-18(2)7-6-8-19(3)23-11-12-24(27(23,5)15-16-28)22-10-9-20-17-21(29)13-14-26(20,4)25(22)30/h9-10,16,18-19,23-24H,6-8,11-15,17H2,1-5H3/t19-,23-,24?,26+,27-/m1/s1. The molecule has 3 nitrogen and oxygen atoms in total. The van der Waals surface area contributed by atoms with Gasteiger partial charge in [-0.15, -0.1) is 0 Å². The van der Waals surface area contributed by atoms with Gasteiger partial charge in [0.2, 0.25) is 0 Å². The van der Waals surface area contributed by atoms with Gasteiger partial charge in [-0.3, -0.25) is 9.59 Å². The van der Waals surface area contributed by atoms with Crippen molar-refractivity contribution in [2.75, 3.05) is 0 Å². The number of rotatable bonds is 8. The zero-order valence-electron chi connectivity index (χ0n) is 19.6. The fourth-order valence-corrected chi connectivity index (χ4v) is 6.64. The first kappa shape index (κ1) is 23.2. The number of carbonyl (C=O) groups excluding carboxylic acids is 3. The predicted octanol–water partition coefficient (Wildman–Crippen LogP) is 6.27. The molecule has 3 rings (SSSR count). The monoisotopic (exact) mass is 412 g/mol. The number of fused-ring (bicyclic) bond motifs is 1. The molecule has 0 radical (unpaired) electrons. The molecule has 0 bridgehead atoms. The lowest BCUT2D eigenvalue weighted by atomic mass is 9.59. The SMILES string of the molecule is CC(C)CCC[C@@H](C)[C@H]1CCC(C2=CC=C3CC(=O)CC[C@]3(C)C2=O)[C@]1(C)CC=O. The minimum absolute atomic E-state index is 0.139. The van der Waals surface area contributed by atoms with E-state index < -0.39 is 5.41 Å². The molecule has 0 spiro atoms. The first-order valence-corrected chi connectivity index (χ1v) is 12.0. The van der Waals surface area contributed by atoms with Gasteiger partial charge in [0.25, 0.3) is 0 Å². The Kier molecular flexibility index (Phi) is 6.89.